The molecule has 0 atom stereocenters. The second-order valence-corrected chi connectivity index (χ2v) is 6.96. The van der Waals surface area contributed by atoms with Crippen molar-refractivity contribution >= 4 is 56.3 Å². The third-order valence-corrected chi connectivity index (χ3v) is 5.36. The quantitative estimate of drug-likeness (QED) is 0.491. The number of benzene rings is 2. The van der Waals surface area contributed by atoms with Crippen molar-refractivity contribution in [2.75, 3.05) is 0 Å². The van der Waals surface area contributed by atoms with Crippen LogP contribution >= 0.6 is 22.9 Å². The fourth-order valence-corrected chi connectivity index (χ4v) is 3.89. The van der Waals surface area contributed by atoms with Crippen LogP contribution in [0.1, 0.15) is 10.6 Å². The van der Waals surface area contributed by atoms with Gasteiger partial charge in [0.25, 0.3) is 5.01 Å². The van der Waals surface area contributed by atoms with E-state index in [9.17, 15) is 4.79 Å². The van der Waals surface area contributed by atoms with Crippen LogP contribution in [0.3, 0.4) is 0 Å². The molecule has 0 aliphatic heterocycles. The predicted octanol–water partition coefficient (Wildman–Crippen LogP) is 4.66. The molecule has 2 aromatic heterocycles. The molecule has 2 heterocycles. The van der Waals surface area contributed by atoms with Crippen molar-refractivity contribution in [2.24, 2.45) is 7.05 Å². The second kappa shape index (κ2) is 5.89. The summed E-state index contributed by atoms with van der Waals surface area (Å²) < 4.78 is 8.86. The third kappa shape index (κ3) is 2.54. The van der Waals surface area contributed by atoms with E-state index in [0.29, 0.717) is 21.6 Å². The van der Waals surface area contributed by atoms with Gasteiger partial charge < -0.3 is 4.42 Å². The summed E-state index contributed by atoms with van der Waals surface area (Å²) in [6.45, 7) is 0. The van der Waals surface area contributed by atoms with E-state index < -0.39 is 0 Å². The van der Waals surface area contributed by atoms with Crippen LogP contribution in [-0.4, -0.2) is 0 Å². The number of aromatic nitrogens is 1. The first-order valence-corrected chi connectivity index (χ1v) is 8.59. The van der Waals surface area contributed by atoms with Crippen molar-refractivity contribution in [2.45, 2.75) is 0 Å². The lowest BCUT2D eigenvalue weighted by Crippen LogP contribution is -2.28. The number of nitrogens with zero attached hydrogens (tertiary/aromatic N) is 1. The molecule has 0 saturated carbocycles. The van der Waals surface area contributed by atoms with Crippen molar-refractivity contribution in [3.8, 4) is 0 Å². The maximum Gasteiger partial charge on any atom is 0.262 e. The Balaban J connectivity index is 1.80. The van der Waals surface area contributed by atoms with Crippen LogP contribution < -0.4 is 10.00 Å². The van der Waals surface area contributed by atoms with Crippen LogP contribution in [0.4, 0.5) is 0 Å². The Labute approximate surface area is 147 Å². The molecule has 5 heteroatoms. The van der Waals surface area contributed by atoms with Crippen molar-refractivity contribution in [1.29, 1.82) is 0 Å². The molecule has 2 aromatic carbocycles. The summed E-state index contributed by atoms with van der Waals surface area (Å²) in [5, 5.41) is 2.07. The first-order chi connectivity index (χ1) is 11.6. The van der Waals surface area contributed by atoms with Crippen molar-refractivity contribution in [3.05, 3.63) is 74.5 Å². The fourth-order valence-electron chi connectivity index (χ4n) is 2.66. The highest BCUT2D eigenvalue weighted by Gasteiger charge is 2.14. The molecule has 0 fully saturated rings. The standard InChI is InChI=1S/C19H13ClNO2S/c1-21-15-4-2-3-5-17(15)24-18(21)9-6-12-11-23-16-8-7-13(20)10-14(16)19(12)22/h2-11H,1H3/q+1/b9-6+. The molecule has 3 nitrogen and oxygen atoms in total. The van der Waals surface area contributed by atoms with E-state index in [1.54, 1.807) is 35.6 Å². The molecule has 0 spiro atoms. The van der Waals surface area contributed by atoms with Crippen molar-refractivity contribution in [1.82, 2.24) is 0 Å². The number of rotatable bonds is 2. The number of thiazole rings is 1. The molecule has 0 aliphatic rings. The van der Waals surface area contributed by atoms with Gasteiger partial charge in [-0.1, -0.05) is 35.1 Å². The van der Waals surface area contributed by atoms with Gasteiger partial charge in [0.05, 0.1) is 10.9 Å². The van der Waals surface area contributed by atoms with Gasteiger partial charge in [-0.3, -0.25) is 4.79 Å². The lowest BCUT2D eigenvalue weighted by Gasteiger charge is -1.98. The molecule has 0 aliphatic carbocycles. The van der Waals surface area contributed by atoms with Crippen molar-refractivity contribution < 1.29 is 8.98 Å². The Morgan fingerprint density at radius 2 is 2.00 bits per heavy atom. The van der Waals surface area contributed by atoms with E-state index in [0.717, 1.165) is 5.01 Å². The van der Waals surface area contributed by atoms with E-state index >= 15 is 0 Å². The minimum Gasteiger partial charge on any atom is -0.463 e. The Hall–Kier alpha value is -2.43. The zero-order valence-corrected chi connectivity index (χ0v) is 14.4. The fraction of sp³-hybridized carbons (Fsp3) is 0.0526. The van der Waals surface area contributed by atoms with Gasteiger partial charge >= 0.3 is 0 Å². The summed E-state index contributed by atoms with van der Waals surface area (Å²) in [4.78, 5) is 12.6. The summed E-state index contributed by atoms with van der Waals surface area (Å²) in [5.41, 5.74) is 2.12. The molecule has 0 unspecified atom stereocenters. The maximum absolute atomic E-state index is 12.6. The molecule has 0 amide bonds. The average molecular weight is 355 g/mol. The van der Waals surface area contributed by atoms with Gasteiger partial charge in [-0.2, -0.15) is 4.57 Å². The molecule has 0 radical (unpaired) electrons. The molecule has 0 saturated heterocycles. The molecule has 24 heavy (non-hydrogen) atoms. The predicted molar refractivity (Wildman–Crippen MR) is 99.4 cm³/mol. The molecule has 4 aromatic rings. The number of hydrogen-bond acceptors (Lipinski definition) is 3. The third-order valence-electron chi connectivity index (χ3n) is 3.94. The number of para-hydroxylation sites is 1. The van der Waals surface area contributed by atoms with E-state index in [2.05, 4.69) is 16.7 Å². The monoisotopic (exact) mass is 354 g/mol. The van der Waals surface area contributed by atoms with E-state index in [-0.39, 0.29) is 5.43 Å². The van der Waals surface area contributed by atoms with Gasteiger partial charge in [0.1, 0.15) is 23.6 Å². The molecule has 118 valence electrons. The van der Waals surface area contributed by atoms with Crippen LogP contribution in [0.2, 0.25) is 5.02 Å². The summed E-state index contributed by atoms with van der Waals surface area (Å²) in [6, 6.07) is 13.3. The summed E-state index contributed by atoms with van der Waals surface area (Å²) in [6.07, 6.45) is 5.21. The summed E-state index contributed by atoms with van der Waals surface area (Å²) in [5.74, 6) is 0. The van der Waals surface area contributed by atoms with Crippen molar-refractivity contribution in [3.63, 3.8) is 0 Å². The Morgan fingerprint density at radius 1 is 1.17 bits per heavy atom. The lowest BCUT2D eigenvalue weighted by molar-refractivity contribution is -0.642. The van der Waals surface area contributed by atoms with Crippen LogP contribution in [0.15, 0.2) is 57.9 Å². The minimum atomic E-state index is -0.0845. The summed E-state index contributed by atoms with van der Waals surface area (Å²) in [7, 11) is 2.02. The van der Waals surface area contributed by atoms with Crippen LogP contribution in [0.25, 0.3) is 33.3 Å². The van der Waals surface area contributed by atoms with E-state index in [1.807, 2.05) is 25.3 Å². The Morgan fingerprint density at radius 3 is 2.83 bits per heavy atom. The van der Waals surface area contributed by atoms with Gasteiger partial charge in [-0.25, -0.2) is 0 Å². The molecule has 4 rings (SSSR count). The summed E-state index contributed by atoms with van der Waals surface area (Å²) >= 11 is 7.66. The zero-order chi connectivity index (χ0) is 16.7. The number of fused-ring (bicyclic) bond motifs is 2. The van der Waals surface area contributed by atoms with Crippen LogP contribution in [0, 0.1) is 0 Å². The van der Waals surface area contributed by atoms with Crippen LogP contribution in [0.5, 0.6) is 0 Å². The van der Waals surface area contributed by atoms with Gasteiger partial charge in [-0.15, -0.1) is 0 Å². The highest BCUT2D eigenvalue weighted by Crippen LogP contribution is 2.22. The molecule has 0 N–H and O–H groups in total. The minimum absolute atomic E-state index is 0.0845. The topological polar surface area (TPSA) is 34.1 Å². The number of halogens is 1. The molecular formula is C19H13ClNO2S+. The average Bonchev–Trinajstić information content (AvgIpc) is 2.91. The van der Waals surface area contributed by atoms with Gasteiger partial charge in [-0.05, 0) is 30.3 Å². The maximum atomic E-state index is 12.6. The van der Waals surface area contributed by atoms with Crippen LogP contribution in [-0.2, 0) is 7.05 Å². The normalized spacial score (nSPS) is 11.8. The molecule has 0 bridgehead atoms. The smallest absolute Gasteiger partial charge is 0.262 e. The molecular weight excluding hydrogens is 342 g/mol. The van der Waals surface area contributed by atoms with Gasteiger partial charge in [0.2, 0.25) is 5.52 Å². The van der Waals surface area contributed by atoms with E-state index in [4.69, 9.17) is 16.0 Å². The second-order valence-electron chi connectivity index (χ2n) is 5.46. The van der Waals surface area contributed by atoms with Gasteiger partial charge in [0.15, 0.2) is 5.43 Å². The SMILES string of the molecule is C[n+]1c(/C=C/c2coc3ccc(Cl)cc3c2=O)sc2ccccc21. The number of hydrogen-bond donors (Lipinski definition) is 0. The first-order valence-electron chi connectivity index (χ1n) is 7.40. The number of aryl methyl sites for hydroxylation is 1. The Bertz CT molecular complexity index is 1160. The van der Waals surface area contributed by atoms with Gasteiger partial charge in [0, 0.05) is 17.2 Å². The largest absolute Gasteiger partial charge is 0.463 e. The zero-order valence-electron chi connectivity index (χ0n) is 12.8. The van der Waals surface area contributed by atoms with E-state index in [1.165, 1.54) is 16.5 Å². The Kier molecular flexibility index (Phi) is 3.71. The lowest BCUT2D eigenvalue weighted by atomic mass is 10.1. The first kappa shape index (κ1) is 15.1. The highest BCUT2D eigenvalue weighted by atomic mass is 35.5. The highest BCUT2D eigenvalue weighted by molar-refractivity contribution is 7.18.